The molecule has 88 valence electrons. The highest BCUT2D eigenvalue weighted by molar-refractivity contribution is 5.73. The summed E-state index contributed by atoms with van der Waals surface area (Å²) in [5, 5.41) is 0. The minimum atomic E-state index is -2.66. The van der Waals surface area contributed by atoms with Crippen LogP contribution in [0.1, 0.15) is 18.5 Å². The summed E-state index contributed by atoms with van der Waals surface area (Å²) in [5.74, 6) is -2.66. The highest BCUT2D eigenvalue weighted by atomic mass is 19.3. The predicted octanol–water partition coefficient (Wildman–Crippen LogP) is 2.21. The summed E-state index contributed by atoms with van der Waals surface area (Å²) in [6, 6.07) is 7.31. The van der Waals surface area contributed by atoms with E-state index in [9.17, 15) is 8.78 Å². The largest absolute Gasteiger partial charge is 0.320 e. The molecule has 0 atom stereocenters. The van der Waals surface area contributed by atoms with Gasteiger partial charge in [0.1, 0.15) is 0 Å². The smallest absolute Gasteiger partial charge is 0.252 e. The maximum Gasteiger partial charge on any atom is 0.252 e. The first kappa shape index (κ1) is 10.5. The van der Waals surface area contributed by atoms with Crippen molar-refractivity contribution in [1.29, 1.82) is 0 Å². The van der Waals surface area contributed by atoms with E-state index >= 15 is 0 Å². The van der Waals surface area contributed by atoms with E-state index < -0.39 is 11.5 Å². The third-order valence-corrected chi connectivity index (χ3v) is 3.11. The monoisotopic (exact) mass is 235 g/mol. The van der Waals surface area contributed by atoms with Gasteiger partial charge in [0.25, 0.3) is 5.92 Å². The number of aromatic nitrogens is 2. The molecular weight excluding hydrogens is 224 g/mol. The number of hydrogen-bond acceptors (Lipinski definition) is 3. The third kappa shape index (κ3) is 1.67. The van der Waals surface area contributed by atoms with Gasteiger partial charge in [-0.1, -0.05) is 12.1 Å². The van der Waals surface area contributed by atoms with Gasteiger partial charge in [0.15, 0.2) is 0 Å². The SMILES string of the molecule is NC1(c2cnc3ccccc3n2)CC(F)(F)C1. The molecule has 0 bridgehead atoms. The van der Waals surface area contributed by atoms with Gasteiger partial charge in [-0.2, -0.15) is 0 Å². The van der Waals surface area contributed by atoms with Crippen molar-refractivity contribution in [1.82, 2.24) is 9.97 Å². The molecule has 1 aliphatic carbocycles. The van der Waals surface area contributed by atoms with E-state index in [1.165, 1.54) is 6.20 Å². The van der Waals surface area contributed by atoms with Crippen molar-refractivity contribution < 1.29 is 8.78 Å². The van der Waals surface area contributed by atoms with Crippen LogP contribution in [0.3, 0.4) is 0 Å². The maximum absolute atomic E-state index is 12.9. The molecule has 0 radical (unpaired) electrons. The standard InChI is InChI=1S/C12H11F2N3/c13-12(14)6-11(15,7-12)10-5-16-8-3-1-2-4-9(8)17-10/h1-5H,6-7,15H2. The summed E-state index contributed by atoms with van der Waals surface area (Å²) in [6.45, 7) is 0. The number of hydrogen-bond donors (Lipinski definition) is 1. The molecule has 1 aromatic carbocycles. The first-order chi connectivity index (χ1) is 7.99. The van der Waals surface area contributed by atoms with Crippen molar-refractivity contribution in [2.75, 3.05) is 0 Å². The summed E-state index contributed by atoms with van der Waals surface area (Å²) < 4.78 is 25.8. The Labute approximate surface area is 96.7 Å². The lowest BCUT2D eigenvalue weighted by Gasteiger charge is -2.43. The second-order valence-electron chi connectivity index (χ2n) is 4.61. The Hall–Kier alpha value is -1.62. The summed E-state index contributed by atoms with van der Waals surface area (Å²) in [5.41, 5.74) is 6.75. The molecule has 3 rings (SSSR count). The lowest BCUT2D eigenvalue weighted by Crippen LogP contribution is -2.56. The molecule has 0 amide bonds. The van der Waals surface area contributed by atoms with Gasteiger partial charge in [0, 0.05) is 12.8 Å². The number of nitrogens with zero attached hydrogens (tertiary/aromatic N) is 2. The molecule has 0 spiro atoms. The summed E-state index contributed by atoms with van der Waals surface area (Å²) in [4.78, 5) is 8.50. The number of para-hydroxylation sites is 2. The van der Waals surface area contributed by atoms with E-state index in [1.807, 2.05) is 18.2 Å². The van der Waals surface area contributed by atoms with Crippen LogP contribution in [0.4, 0.5) is 8.78 Å². The van der Waals surface area contributed by atoms with E-state index in [-0.39, 0.29) is 12.8 Å². The van der Waals surface area contributed by atoms with Crippen LogP contribution >= 0.6 is 0 Å². The van der Waals surface area contributed by atoms with E-state index in [0.717, 1.165) is 5.52 Å². The minimum absolute atomic E-state index is 0.354. The van der Waals surface area contributed by atoms with Crippen molar-refractivity contribution in [2.45, 2.75) is 24.3 Å². The number of fused-ring (bicyclic) bond motifs is 1. The Balaban J connectivity index is 2.02. The fourth-order valence-electron chi connectivity index (χ4n) is 2.25. The fraction of sp³-hybridized carbons (Fsp3) is 0.333. The normalized spacial score (nSPS) is 21.1. The highest BCUT2D eigenvalue weighted by Crippen LogP contribution is 2.49. The second-order valence-corrected chi connectivity index (χ2v) is 4.61. The van der Waals surface area contributed by atoms with Gasteiger partial charge in [-0.15, -0.1) is 0 Å². The topological polar surface area (TPSA) is 51.8 Å². The average molecular weight is 235 g/mol. The van der Waals surface area contributed by atoms with Gasteiger partial charge in [0.2, 0.25) is 0 Å². The van der Waals surface area contributed by atoms with Crippen molar-refractivity contribution in [2.24, 2.45) is 5.73 Å². The van der Waals surface area contributed by atoms with E-state index in [4.69, 9.17) is 5.73 Å². The van der Waals surface area contributed by atoms with Crippen LogP contribution in [0, 0.1) is 0 Å². The molecule has 5 heteroatoms. The van der Waals surface area contributed by atoms with Gasteiger partial charge in [0.05, 0.1) is 28.5 Å². The van der Waals surface area contributed by atoms with Crippen LogP contribution in [0.25, 0.3) is 11.0 Å². The lowest BCUT2D eigenvalue weighted by atomic mass is 9.72. The van der Waals surface area contributed by atoms with Crippen LogP contribution in [-0.2, 0) is 5.54 Å². The van der Waals surface area contributed by atoms with Gasteiger partial charge in [-0.05, 0) is 12.1 Å². The zero-order chi connectivity index (χ0) is 12.1. The number of alkyl halides is 2. The van der Waals surface area contributed by atoms with Crippen molar-refractivity contribution in [3.63, 3.8) is 0 Å². The maximum atomic E-state index is 12.9. The van der Waals surface area contributed by atoms with Gasteiger partial charge in [-0.25, -0.2) is 13.8 Å². The van der Waals surface area contributed by atoms with Crippen LogP contribution in [0.5, 0.6) is 0 Å². The Bertz CT molecular complexity index is 575. The molecule has 1 saturated carbocycles. The molecular formula is C12H11F2N3. The molecule has 1 aliphatic rings. The molecule has 3 nitrogen and oxygen atoms in total. The summed E-state index contributed by atoms with van der Waals surface area (Å²) in [7, 11) is 0. The predicted molar refractivity (Wildman–Crippen MR) is 59.6 cm³/mol. The number of benzene rings is 1. The Morgan fingerprint density at radius 1 is 1.12 bits per heavy atom. The molecule has 2 N–H and O–H groups in total. The molecule has 1 fully saturated rings. The van der Waals surface area contributed by atoms with Crippen LogP contribution < -0.4 is 5.73 Å². The quantitative estimate of drug-likeness (QED) is 0.824. The molecule has 0 saturated heterocycles. The summed E-state index contributed by atoms with van der Waals surface area (Å²) in [6.07, 6.45) is 0.789. The summed E-state index contributed by atoms with van der Waals surface area (Å²) >= 11 is 0. The Morgan fingerprint density at radius 3 is 2.41 bits per heavy atom. The van der Waals surface area contributed by atoms with Crippen molar-refractivity contribution in [3.05, 3.63) is 36.2 Å². The molecule has 17 heavy (non-hydrogen) atoms. The lowest BCUT2D eigenvalue weighted by molar-refractivity contribution is -0.126. The Kier molecular flexibility index (Phi) is 1.98. The van der Waals surface area contributed by atoms with Crippen LogP contribution in [-0.4, -0.2) is 15.9 Å². The van der Waals surface area contributed by atoms with Crippen molar-refractivity contribution >= 4 is 11.0 Å². The fourth-order valence-corrected chi connectivity index (χ4v) is 2.25. The first-order valence-corrected chi connectivity index (χ1v) is 5.38. The van der Waals surface area contributed by atoms with Gasteiger partial charge >= 0.3 is 0 Å². The molecule has 2 aromatic rings. The molecule has 0 aliphatic heterocycles. The molecule has 0 unspecified atom stereocenters. The first-order valence-electron chi connectivity index (χ1n) is 5.38. The van der Waals surface area contributed by atoms with Crippen LogP contribution in [0.2, 0.25) is 0 Å². The molecule has 1 heterocycles. The van der Waals surface area contributed by atoms with Gasteiger partial charge < -0.3 is 5.73 Å². The van der Waals surface area contributed by atoms with E-state index in [0.29, 0.717) is 11.2 Å². The Morgan fingerprint density at radius 2 is 1.76 bits per heavy atom. The van der Waals surface area contributed by atoms with Crippen LogP contribution in [0.15, 0.2) is 30.5 Å². The van der Waals surface area contributed by atoms with Crippen molar-refractivity contribution in [3.8, 4) is 0 Å². The zero-order valence-electron chi connectivity index (χ0n) is 9.03. The number of halogens is 2. The highest BCUT2D eigenvalue weighted by Gasteiger charge is 2.56. The molecule has 1 aromatic heterocycles. The number of nitrogens with two attached hydrogens (primary N) is 1. The average Bonchev–Trinajstić information content (AvgIpc) is 2.25. The van der Waals surface area contributed by atoms with E-state index in [1.54, 1.807) is 6.07 Å². The zero-order valence-corrected chi connectivity index (χ0v) is 9.03. The third-order valence-electron chi connectivity index (χ3n) is 3.11. The van der Waals surface area contributed by atoms with E-state index in [2.05, 4.69) is 9.97 Å². The second kappa shape index (κ2) is 3.20. The van der Waals surface area contributed by atoms with Gasteiger partial charge in [-0.3, -0.25) is 4.98 Å². The minimum Gasteiger partial charge on any atom is -0.320 e. The number of rotatable bonds is 1.